The zero-order valence-corrected chi connectivity index (χ0v) is 17.9. The summed E-state index contributed by atoms with van der Waals surface area (Å²) in [6, 6.07) is 11.0. The van der Waals surface area contributed by atoms with E-state index in [0.717, 1.165) is 45.4 Å². The molecular formula is C20H22N4O3S2. The number of carbonyl (C=O) groups excluding carboxylic acids is 1. The van der Waals surface area contributed by atoms with Gasteiger partial charge in [0.05, 0.1) is 9.77 Å². The monoisotopic (exact) mass is 430 g/mol. The van der Waals surface area contributed by atoms with Crippen LogP contribution in [0.3, 0.4) is 0 Å². The minimum Gasteiger partial charge on any atom is -0.312 e. The van der Waals surface area contributed by atoms with Crippen molar-refractivity contribution in [2.24, 2.45) is 0 Å². The molecule has 2 aromatic heterocycles. The molecule has 0 atom stereocenters. The van der Waals surface area contributed by atoms with Crippen molar-refractivity contribution in [2.45, 2.75) is 38.1 Å². The fourth-order valence-electron chi connectivity index (χ4n) is 3.37. The van der Waals surface area contributed by atoms with Gasteiger partial charge in [-0.1, -0.05) is 12.1 Å². The molecule has 3 aromatic rings. The van der Waals surface area contributed by atoms with Gasteiger partial charge in [-0.3, -0.25) is 9.89 Å². The van der Waals surface area contributed by atoms with Gasteiger partial charge in [-0.2, -0.15) is 5.10 Å². The lowest BCUT2D eigenvalue weighted by molar-refractivity contribution is -0.117. The molecule has 152 valence electrons. The maximum Gasteiger partial charge on any atom is 0.241 e. The Kier molecular flexibility index (Phi) is 5.28. The summed E-state index contributed by atoms with van der Waals surface area (Å²) in [5.41, 5.74) is 3.35. The highest BCUT2D eigenvalue weighted by molar-refractivity contribution is 7.89. The number of aryl methyl sites for hydroxylation is 2. The first-order valence-corrected chi connectivity index (χ1v) is 11.7. The summed E-state index contributed by atoms with van der Waals surface area (Å²) in [6.45, 7) is 4.62. The van der Waals surface area contributed by atoms with Gasteiger partial charge in [0, 0.05) is 35.8 Å². The number of nitrogens with one attached hydrogen (secondary N) is 2. The highest BCUT2D eigenvalue weighted by Gasteiger charge is 2.23. The van der Waals surface area contributed by atoms with Crippen LogP contribution in [0.4, 0.5) is 5.69 Å². The van der Waals surface area contributed by atoms with E-state index in [1.807, 2.05) is 37.3 Å². The van der Waals surface area contributed by atoms with E-state index in [1.54, 1.807) is 17.9 Å². The molecule has 1 aromatic carbocycles. The van der Waals surface area contributed by atoms with Crippen LogP contribution in [0.15, 0.2) is 41.3 Å². The van der Waals surface area contributed by atoms with Crippen LogP contribution in [0.25, 0.3) is 10.6 Å². The molecule has 9 heteroatoms. The van der Waals surface area contributed by atoms with E-state index in [0.29, 0.717) is 6.42 Å². The van der Waals surface area contributed by atoms with E-state index in [4.69, 9.17) is 0 Å². The molecule has 7 nitrogen and oxygen atoms in total. The van der Waals surface area contributed by atoms with Gasteiger partial charge in [0.2, 0.25) is 15.9 Å². The Morgan fingerprint density at radius 1 is 1.21 bits per heavy atom. The number of hydrogen-bond donors (Lipinski definition) is 2. The summed E-state index contributed by atoms with van der Waals surface area (Å²) in [5.74, 6) is 0.134. The molecule has 3 heterocycles. The first-order valence-electron chi connectivity index (χ1n) is 9.35. The van der Waals surface area contributed by atoms with Gasteiger partial charge in [0.25, 0.3) is 0 Å². The number of aromatic amines is 1. The molecule has 1 fully saturated rings. The van der Waals surface area contributed by atoms with Crippen LogP contribution >= 0.6 is 11.3 Å². The molecule has 29 heavy (non-hydrogen) atoms. The highest BCUT2D eigenvalue weighted by atomic mass is 32.2. The van der Waals surface area contributed by atoms with Gasteiger partial charge < -0.3 is 4.90 Å². The molecular weight excluding hydrogens is 408 g/mol. The summed E-state index contributed by atoms with van der Waals surface area (Å²) in [4.78, 5) is 15.4. The second-order valence-electron chi connectivity index (χ2n) is 7.11. The molecule has 0 unspecified atom stereocenters. The van der Waals surface area contributed by atoms with Gasteiger partial charge in [-0.05, 0) is 50.1 Å². The highest BCUT2D eigenvalue weighted by Crippen LogP contribution is 2.32. The summed E-state index contributed by atoms with van der Waals surface area (Å²) < 4.78 is 28.3. The summed E-state index contributed by atoms with van der Waals surface area (Å²) in [7, 11) is -3.65. The van der Waals surface area contributed by atoms with Crippen molar-refractivity contribution < 1.29 is 13.2 Å². The van der Waals surface area contributed by atoms with Gasteiger partial charge >= 0.3 is 0 Å². The number of benzene rings is 1. The molecule has 0 aliphatic carbocycles. The predicted octanol–water partition coefficient (Wildman–Crippen LogP) is 3.36. The third kappa shape index (κ3) is 4.12. The van der Waals surface area contributed by atoms with E-state index in [-0.39, 0.29) is 17.3 Å². The number of aromatic nitrogens is 2. The fourth-order valence-corrected chi connectivity index (χ4v) is 5.94. The van der Waals surface area contributed by atoms with Gasteiger partial charge in [0.15, 0.2) is 0 Å². The van der Waals surface area contributed by atoms with Crippen LogP contribution in [0.1, 0.15) is 29.0 Å². The van der Waals surface area contributed by atoms with Crippen molar-refractivity contribution in [3.8, 4) is 10.6 Å². The maximum atomic E-state index is 12.8. The number of sulfonamides is 1. The topological polar surface area (TPSA) is 95.2 Å². The lowest BCUT2D eigenvalue weighted by Crippen LogP contribution is -2.24. The van der Waals surface area contributed by atoms with Crippen LogP contribution < -0.4 is 9.62 Å². The second kappa shape index (κ2) is 7.74. The predicted molar refractivity (Wildman–Crippen MR) is 113 cm³/mol. The third-order valence-corrected chi connectivity index (χ3v) is 7.64. The number of rotatable bonds is 6. The Bertz CT molecular complexity index is 1150. The lowest BCUT2D eigenvalue weighted by atomic mass is 10.2. The van der Waals surface area contributed by atoms with E-state index in [1.165, 1.54) is 11.3 Å². The number of anilines is 1. The molecule has 1 aliphatic heterocycles. The van der Waals surface area contributed by atoms with Crippen LogP contribution in [0.2, 0.25) is 0 Å². The zero-order chi connectivity index (χ0) is 20.6. The van der Waals surface area contributed by atoms with Gasteiger partial charge in [-0.15, -0.1) is 11.3 Å². The SMILES string of the molecule is Cc1cc(-c2cc(S(=O)(=O)NCc3ccc(N4CCCC4=O)cc3)c(C)s2)n[nH]1. The van der Waals surface area contributed by atoms with Crippen molar-refractivity contribution >= 4 is 33.0 Å². The van der Waals surface area contributed by atoms with Crippen molar-refractivity contribution in [2.75, 3.05) is 11.4 Å². The molecule has 1 aliphatic rings. The Balaban J connectivity index is 1.46. The summed E-state index contributed by atoms with van der Waals surface area (Å²) >= 11 is 1.41. The normalized spacial score (nSPS) is 14.7. The number of carbonyl (C=O) groups is 1. The average molecular weight is 431 g/mol. The quantitative estimate of drug-likeness (QED) is 0.627. The number of thiophene rings is 1. The van der Waals surface area contributed by atoms with E-state index in [9.17, 15) is 13.2 Å². The fraction of sp³-hybridized carbons (Fsp3) is 0.300. The Morgan fingerprint density at radius 2 is 1.97 bits per heavy atom. The summed E-state index contributed by atoms with van der Waals surface area (Å²) in [5, 5.41) is 7.08. The van der Waals surface area contributed by atoms with Crippen LogP contribution in [0.5, 0.6) is 0 Å². The van der Waals surface area contributed by atoms with Crippen molar-refractivity contribution in [1.29, 1.82) is 0 Å². The van der Waals surface area contributed by atoms with E-state index < -0.39 is 10.0 Å². The molecule has 0 spiro atoms. The van der Waals surface area contributed by atoms with Crippen LogP contribution in [-0.4, -0.2) is 31.1 Å². The minimum absolute atomic E-state index is 0.134. The van der Waals surface area contributed by atoms with Crippen molar-refractivity contribution in [3.05, 3.63) is 52.5 Å². The third-order valence-electron chi connectivity index (χ3n) is 4.91. The zero-order valence-electron chi connectivity index (χ0n) is 16.2. The first-order chi connectivity index (χ1) is 13.8. The van der Waals surface area contributed by atoms with Crippen LogP contribution in [0, 0.1) is 13.8 Å². The van der Waals surface area contributed by atoms with Gasteiger partial charge in [0.1, 0.15) is 5.69 Å². The first kappa shape index (κ1) is 19.8. The minimum atomic E-state index is -3.65. The molecule has 4 rings (SSSR count). The Hall–Kier alpha value is -2.49. The van der Waals surface area contributed by atoms with Crippen molar-refractivity contribution in [3.63, 3.8) is 0 Å². The van der Waals surface area contributed by atoms with Crippen LogP contribution in [-0.2, 0) is 21.4 Å². The largest absolute Gasteiger partial charge is 0.312 e. The standard InChI is InChI=1S/C20H22N4O3S2/c1-13-10-17(23-22-13)18-11-19(14(2)28-18)29(26,27)21-12-15-5-7-16(8-6-15)24-9-3-4-20(24)25/h5-8,10-11,21H,3-4,9,12H2,1-2H3,(H,22,23). The molecule has 1 saturated heterocycles. The lowest BCUT2D eigenvalue weighted by Gasteiger charge is -2.16. The van der Waals surface area contributed by atoms with Crippen molar-refractivity contribution in [1.82, 2.24) is 14.9 Å². The summed E-state index contributed by atoms with van der Waals surface area (Å²) in [6.07, 6.45) is 1.46. The molecule has 0 radical (unpaired) electrons. The number of amides is 1. The Morgan fingerprint density at radius 3 is 2.59 bits per heavy atom. The molecule has 2 N–H and O–H groups in total. The number of nitrogens with zero attached hydrogens (tertiary/aromatic N) is 2. The van der Waals surface area contributed by atoms with E-state index in [2.05, 4.69) is 14.9 Å². The maximum absolute atomic E-state index is 12.8. The Labute approximate surface area is 173 Å². The number of H-pyrrole nitrogens is 1. The molecule has 0 saturated carbocycles. The van der Waals surface area contributed by atoms with E-state index >= 15 is 0 Å². The second-order valence-corrected chi connectivity index (χ2v) is 10.1. The number of hydrogen-bond acceptors (Lipinski definition) is 5. The average Bonchev–Trinajstić information content (AvgIpc) is 3.41. The molecule has 0 bridgehead atoms. The van der Waals surface area contributed by atoms with Gasteiger partial charge in [-0.25, -0.2) is 13.1 Å². The molecule has 1 amide bonds. The smallest absolute Gasteiger partial charge is 0.241 e.